The highest BCUT2D eigenvalue weighted by atomic mass is 16.1. The smallest absolute Gasteiger partial charge is 0.249 e. The zero-order chi connectivity index (χ0) is 9.42. The van der Waals surface area contributed by atoms with Gasteiger partial charge in [-0.25, -0.2) is 4.68 Å². The van der Waals surface area contributed by atoms with Crippen LogP contribution >= 0.6 is 0 Å². The van der Waals surface area contributed by atoms with Crippen LogP contribution in [0, 0.1) is 0 Å². The summed E-state index contributed by atoms with van der Waals surface area (Å²) in [5.41, 5.74) is 1.27. The van der Waals surface area contributed by atoms with Crippen molar-refractivity contribution in [3.05, 3.63) is 22.5 Å². The van der Waals surface area contributed by atoms with Gasteiger partial charge in [-0.15, -0.1) is 5.10 Å². The lowest BCUT2D eigenvalue weighted by Crippen LogP contribution is -2.08. The van der Waals surface area contributed by atoms with Crippen LogP contribution in [0.25, 0.3) is 11.2 Å². The molecule has 2 aromatic rings. The maximum absolute atomic E-state index is 11.0. The van der Waals surface area contributed by atoms with Gasteiger partial charge < -0.3 is 4.98 Å². The van der Waals surface area contributed by atoms with E-state index in [0.29, 0.717) is 11.2 Å². The van der Waals surface area contributed by atoms with Gasteiger partial charge in [-0.05, 0) is 19.9 Å². The van der Waals surface area contributed by atoms with Gasteiger partial charge in [0.05, 0.1) is 6.04 Å². The number of nitrogens with zero attached hydrogens (tertiary/aromatic N) is 3. The van der Waals surface area contributed by atoms with Gasteiger partial charge in [-0.1, -0.05) is 5.21 Å². The minimum Gasteiger partial charge on any atom is -0.305 e. The second-order valence-electron chi connectivity index (χ2n) is 3.18. The van der Waals surface area contributed by atoms with Crippen LogP contribution in [0.15, 0.2) is 16.9 Å². The molecule has 2 aromatic heterocycles. The Morgan fingerprint density at radius 1 is 1.46 bits per heavy atom. The van der Waals surface area contributed by atoms with Crippen LogP contribution in [0.5, 0.6) is 0 Å². The number of nitrogens with one attached hydrogen (secondary N) is 1. The first-order valence-corrected chi connectivity index (χ1v) is 4.12. The van der Waals surface area contributed by atoms with E-state index in [-0.39, 0.29) is 11.6 Å². The molecule has 0 atom stereocenters. The summed E-state index contributed by atoms with van der Waals surface area (Å²) in [6.07, 6.45) is 0. The van der Waals surface area contributed by atoms with Crippen molar-refractivity contribution in [2.45, 2.75) is 19.9 Å². The van der Waals surface area contributed by atoms with Crippen molar-refractivity contribution in [2.75, 3.05) is 0 Å². The van der Waals surface area contributed by atoms with Crippen LogP contribution in [0.4, 0.5) is 0 Å². The maximum atomic E-state index is 11.0. The summed E-state index contributed by atoms with van der Waals surface area (Å²) in [6, 6.07) is 3.31. The number of hydrogen-bond donors (Lipinski definition) is 1. The van der Waals surface area contributed by atoms with E-state index in [4.69, 9.17) is 0 Å². The van der Waals surface area contributed by atoms with Crippen LogP contribution in [-0.2, 0) is 0 Å². The fourth-order valence-electron chi connectivity index (χ4n) is 1.21. The standard InChI is InChI=1S/C8H10N4O/c1-5(2)12-8-6(10-11-12)3-4-7(13)9-8/h3-5H,1-2H3,(H,9,13). The predicted molar refractivity (Wildman–Crippen MR) is 48.5 cm³/mol. The summed E-state index contributed by atoms with van der Waals surface area (Å²) < 4.78 is 1.69. The first kappa shape index (κ1) is 7.97. The molecule has 0 unspecified atom stereocenters. The minimum absolute atomic E-state index is 0.128. The molecular weight excluding hydrogens is 168 g/mol. The molecule has 1 N–H and O–H groups in total. The number of rotatable bonds is 1. The van der Waals surface area contributed by atoms with Gasteiger partial charge >= 0.3 is 0 Å². The van der Waals surface area contributed by atoms with E-state index in [2.05, 4.69) is 15.3 Å². The van der Waals surface area contributed by atoms with Crippen molar-refractivity contribution in [1.82, 2.24) is 20.0 Å². The van der Waals surface area contributed by atoms with Gasteiger partial charge in [-0.2, -0.15) is 0 Å². The molecule has 0 spiro atoms. The van der Waals surface area contributed by atoms with Gasteiger partial charge in [0.25, 0.3) is 0 Å². The molecule has 68 valence electrons. The summed E-state index contributed by atoms with van der Waals surface area (Å²) >= 11 is 0. The van der Waals surface area contributed by atoms with E-state index in [0.717, 1.165) is 0 Å². The number of aromatic nitrogens is 4. The molecule has 5 heteroatoms. The first-order valence-electron chi connectivity index (χ1n) is 4.12. The summed E-state index contributed by atoms with van der Waals surface area (Å²) in [5.74, 6) is 0. The van der Waals surface area contributed by atoms with Crippen molar-refractivity contribution >= 4 is 11.2 Å². The molecule has 2 rings (SSSR count). The molecule has 13 heavy (non-hydrogen) atoms. The van der Waals surface area contributed by atoms with Crippen molar-refractivity contribution < 1.29 is 0 Å². The number of H-pyrrole nitrogens is 1. The average molecular weight is 178 g/mol. The Morgan fingerprint density at radius 2 is 2.23 bits per heavy atom. The highest BCUT2D eigenvalue weighted by Crippen LogP contribution is 2.09. The zero-order valence-corrected chi connectivity index (χ0v) is 7.48. The molecule has 0 radical (unpaired) electrons. The molecule has 0 aliphatic heterocycles. The number of aromatic amines is 1. The highest BCUT2D eigenvalue weighted by Gasteiger charge is 2.06. The zero-order valence-electron chi connectivity index (χ0n) is 7.48. The molecule has 0 amide bonds. The van der Waals surface area contributed by atoms with E-state index in [1.54, 1.807) is 10.7 Å². The van der Waals surface area contributed by atoms with Gasteiger partial charge in [0, 0.05) is 6.07 Å². The lowest BCUT2D eigenvalue weighted by atomic mass is 10.4. The Morgan fingerprint density at radius 3 is 2.92 bits per heavy atom. The van der Waals surface area contributed by atoms with Crippen LogP contribution in [-0.4, -0.2) is 20.0 Å². The van der Waals surface area contributed by atoms with E-state index < -0.39 is 0 Å². The van der Waals surface area contributed by atoms with Gasteiger partial charge in [0.2, 0.25) is 5.56 Å². The SMILES string of the molecule is CC(C)n1nnc2ccc(=O)[nH]c21. The van der Waals surface area contributed by atoms with E-state index in [1.807, 2.05) is 13.8 Å². The highest BCUT2D eigenvalue weighted by molar-refractivity contribution is 5.68. The van der Waals surface area contributed by atoms with Gasteiger partial charge in [0.1, 0.15) is 5.52 Å². The molecule has 0 fully saturated rings. The Labute approximate surface area is 74.4 Å². The van der Waals surface area contributed by atoms with Gasteiger partial charge in [-0.3, -0.25) is 4.79 Å². The molecule has 0 aliphatic carbocycles. The van der Waals surface area contributed by atoms with Gasteiger partial charge in [0.15, 0.2) is 5.65 Å². The average Bonchev–Trinajstić information content (AvgIpc) is 2.46. The van der Waals surface area contributed by atoms with E-state index >= 15 is 0 Å². The fourth-order valence-corrected chi connectivity index (χ4v) is 1.21. The van der Waals surface area contributed by atoms with Crippen molar-refractivity contribution in [1.29, 1.82) is 0 Å². The van der Waals surface area contributed by atoms with E-state index in [1.165, 1.54) is 6.07 Å². The Kier molecular flexibility index (Phi) is 1.65. The Hall–Kier alpha value is -1.65. The number of fused-ring (bicyclic) bond motifs is 1. The molecule has 2 heterocycles. The second-order valence-corrected chi connectivity index (χ2v) is 3.18. The summed E-state index contributed by atoms with van der Waals surface area (Å²) in [4.78, 5) is 13.7. The quantitative estimate of drug-likeness (QED) is 0.699. The summed E-state index contributed by atoms with van der Waals surface area (Å²) in [6.45, 7) is 3.97. The monoisotopic (exact) mass is 178 g/mol. The molecule has 0 bridgehead atoms. The Bertz CT molecular complexity index is 482. The minimum atomic E-state index is -0.128. The summed E-state index contributed by atoms with van der Waals surface area (Å²) in [5, 5.41) is 7.86. The van der Waals surface area contributed by atoms with Crippen LogP contribution in [0.1, 0.15) is 19.9 Å². The third-order valence-electron chi connectivity index (χ3n) is 1.84. The largest absolute Gasteiger partial charge is 0.305 e. The summed E-state index contributed by atoms with van der Waals surface area (Å²) in [7, 11) is 0. The normalized spacial score (nSPS) is 11.3. The van der Waals surface area contributed by atoms with E-state index in [9.17, 15) is 4.79 Å². The molecule has 5 nitrogen and oxygen atoms in total. The lowest BCUT2D eigenvalue weighted by Gasteiger charge is -2.03. The first-order chi connectivity index (χ1) is 6.18. The van der Waals surface area contributed by atoms with Crippen molar-refractivity contribution in [2.24, 2.45) is 0 Å². The third kappa shape index (κ3) is 1.22. The topological polar surface area (TPSA) is 63.6 Å². The molecule has 0 aliphatic rings. The number of pyridine rings is 1. The fraction of sp³-hybridized carbons (Fsp3) is 0.375. The maximum Gasteiger partial charge on any atom is 0.249 e. The molecule has 0 saturated carbocycles. The van der Waals surface area contributed by atoms with Crippen molar-refractivity contribution in [3.63, 3.8) is 0 Å². The molecular formula is C8H10N4O. The van der Waals surface area contributed by atoms with Crippen LogP contribution in [0.2, 0.25) is 0 Å². The Balaban J connectivity index is 2.79. The predicted octanol–water partition coefficient (Wildman–Crippen LogP) is 0.700. The second kappa shape index (κ2) is 2.69. The van der Waals surface area contributed by atoms with Crippen LogP contribution < -0.4 is 5.56 Å². The molecule has 0 saturated heterocycles. The number of hydrogen-bond acceptors (Lipinski definition) is 3. The lowest BCUT2D eigenvalue weighted by molar-refractivity contribution is 0.526. The third-order valence-corrected chi connectivity index (χ3v) is 1.84. The van der Waals surface area contributed by atoms with Crippen molar-refractivity contribution in [3.8, 4) is 0 Å². The van der Waals surface area contributed by atoms with Crippen LogP contribution in [0.3, 0.4) is 0 Å². The molecule has 0 aromatic carbocycles.